The fourth-order valence-corrected chi connectivity index (χ4v) is 2.48. The molecule has 0 saturated heterocycles. The summed E-state index contributed by atoms with van der Waals surface area (Å²) in [7, 11) is 0. The molecule has 0 aliphatic rings. The Bertz CT molecular complexity index is 563. The molecule has 118 valence electrons. The number of rotatable bonds is 10. The molecule has 0 aliphatic carbocycles. The molecule has 0 N–H and O–H groups in total. The summed E-state index contributed by atoms with van der Waals surface area (Å²) < 4.78 is 1.78. The summed E-state index contributed by atoms with van der Waals surface area (Å²) in [5, 5.41) is 8.05. The molecule has 0 unspecified atom stereocenters. The minimum Gasteiger partial charge on any atom is -0.287 e. The summed E-state index contributed by atoms with van der Waals surface area (Å²) in [6.45, 7) is 3.07. The van der Waals surface area contributed by atoms with E-state index in [1.807, 2.05) is 18.2 Å². The van der Waals surface area contributed by atoms with Gasteiger partial charge in [-0.05, 0) is 6.42 Å². The number of ketones is 1. The van der Waals surface area contributed by atoms with Crippen LogP contribution in [0, 0.1) is 0 Å². The van der Waals surface area contributed by atoms with Gasteiger partial charge in [0, 0.05) is 12.1 Å². The third-order valence-corrected chi connectivity index (χ3v) is 3.80. The average Bonchev–Trinajstić information content (AvgIpc) is 3.03. The van der Waals surface area contributed by atoms with Crippen molar-refractivity contribution in [1.29, 1.82) is 0 Å². The molecule has 0 radical (unpaired) electrons. The van der Waals surface area contributed by atoms with Gasteiger partial charge in [-0.3, -0.25) is 9.48 Å². The fraction of sp³-hybridized carbons (Fsp3) is 0.500. The van der Waals surface area contributed by atoms with Crippen LogP contribution in [0.15, 0.2) is 36.5 Å². The van der Waals surface area contributed by atoms with Crippen molar-refractivity contribution >= 4 is 5.78 Å². The number of aromatic nitrogens is 3. The van der Waals surface area contributed by atoms with E-state index in [0.29, 0.717) is 11.3 Å². The van der Waals surface area contributed by atoms with Crippen molar-refractivity contribution in [2.75, 3.05) is 0 Å². The van der Waals surface area contributed by atoms with Crippen molar-refractivity contribution in [3.8, 4) is 0 Å². The van der Waals surface area contributed by atoms with Crippen molar-refractivity contribution in [3.05, 3.63) is 47.8 Å². The van der Waals surface area contributed by atoms with Crippen LogP contribution in [-0.2, 0) is 6.54 Å². The first-order chi connectivity index (χ1) is 10.8. The van der Waals surface area contributed by atoms with Gasteiger partial charge in [0.15, 0.2) is 5.69 Å². The molecule has 4 nitrogen and oxygen atoms in total. The van der Waals surface area contributed by atoms with E-state index < -0.39 is 0 Å². The van der Waals surface area contributed by atoms with Crippen LogP contribution in [0.25, 0.3) is 0 Å². The van der Waals surface area contributed by atoms with Gasteiger partial charge in [0.25, 0.3) is 0 Å². The molecule has 0 bridgehead atoms. The third-order valence-electron chi connectivity index (χ3n) is 3.80. The molecule has 0 saturated carbocycles. The number of unbranched alkanes of at least 4 members (excludes halogenated alkanes) is 6. The van der Waals surface area contributed by atoms with E-state index in [0.717, 1.165) is 13.0 Å². The second-order valence-electron chi connectivity index (χ2n) is 5.68. The maximum Gasteiger partial charge on any atom is 0.214 e. The Balaban J connectivity index is 1.74. The van der Waals surface area contributed by atoms with E-state index in [9.17, 15) is 4.79 Å². The molecular formula is C18H25N3O. The van der Waals surface area contributed by atoms with Crippen molar-refractivity contribution in [3.63, 3.8) is 0 Å². The second kappa shape index (κ2) is 9.13. The summed E-state index contributed by atoms with van der Waals surface area (Å²) in [6.07, 6.45) is 10.6. The van der Waals surface area contributed by atoms with Gasteiger partial charge in [-0.1, -0.05) is 81.0 Å². The zero-order chi connectivity index (χ0) is 15.6. The number of nitrogens with zero attached hydrogens (tertiary/aromatic N) is 3. The lowest BCUT2D eigenvalue weighted by molar-refractivity contribution is 0.103. The van der Waals surface area contributed by atoms with Crippen LogP contribution in [0.1, 0.15) is 67.9 Å². The summed E-state index contributed by atoms with van der Waals surface area (Å²) >= 11 is 0. The first-order valence-electron chi connectivity index (χ1n) is 8.31. The first-order valence-corrected chi connectivity index (χ1v) is 8.31. The third kappa shape index (κ3) is 5.10. The maximum atomic E-state index is 12.2. The van der Waals surface area contributed by atoms with Crippen molar-refractivity contribution < 1.29 is 4.79 Å². The van der Waals surface area contributed by atoms with Gasteiger partial charge in [0.2, 0.25) is 5.78 Å². The highest BCUT2D eigenvalue weighted by atomic mass is 16.1. The summed E-state index contributed by atoms with van der Waals surface area (Å²) in [5.74, 6) is -0.0635. The van der Waals surface area contributed by atoms with Crippen LogP contribution in [0.4, 0.5) is 0 Å². The standard InChI is InChI=1S/C18H25N3O/c1-2-3-4-5-6-7-11-14-21-15-17(19-20-21)18(22)16-12-9-8-10-13-16/h8-10,12-13,15H,2-7,11,14H2,1H3. The Morgan fingerprint density at radius 2 is 1.68 bits per heavy atom. The van der Waals surface area contributed by atoms with Gasteiger partial charge >= 0.3 is 0 Å². The predicted octanol–water partition coefficient (Wildman–Crippen LogP) is 4.26. The lowest BCUT2D eigenvalue weighted by atomic mass is 10.1. The number of carbonyl (C=O) groups is 1. The first kappa shape index (κ1) is 16.4. The van der Waals surface area contributed by atoms with E-state index in [1.165, 1.54) is 38.5 Å². The topological polar surface area (TPSA) is 47.8 Å². The molecule has 2 aromatic rings. The van der Waals surface area contributed by atoms with Gasteiger partial charge in [0.1, 0.15) is 0 Å². The SMILES string of the molecule is CCCCCCCCCn1cc(C(=O)c2ccccc2)nn1. The van der Waals surface area contributed by atoms with E-state index in [2.05, 4.69) is 17.2 Å². The minimum atomic E-state index is -0.0635. The Labute approximate surface area is 132 Å². The highest BCUT2D eigenvalue weighted by Gasteiger charge is 2.12. The van der Waals surface area contributed by atoms with E-state index in [-0.39, 0.29) is 5.78 Å². The zero-order valence-electron chi connectivity index (χ0n) is 13.4. The molecular weight excluding hydrogens is 274 g/mol. The number of benzene rings is 1. The Morgan fingerprint density at radius 1 is 1.00 bits per heavy atom. The zero-order valence-corrected chi connectivity index (χ0v) is 13.4. The minimum absolute atomic E-state index is 0.0635. The Morgan fingerprint density at radius 3 is 2.41 bits per heavy atom. The summed E-state index contributed by atoms with van der Waals surface area (Å²) in [4.78, 5) is 12.2. The molecule has 1 heterocycles. The lowest BCUT2D eigenvalue weighted by Crippen LogP contribution is -2.01. The molecule has 0 fully saturated rings. The van der Waals surface area contributed by atoms with Crippen molar-refractivity contribution in [2.24, 2.45) is 0 Å². The number of hydrogen-bond donors (Lipinski definition) is 0. The smallest absolute Gasteiger partial charge is 0.214 e. The van der Waals surface area contributed by atoms with Gasteiger partial charge in [-0.2, -0.15) is 0 Å². The summed E-state index contributed by atoms with van der Waals surface area (Å²) in [5.41, 5.74) is 1.08. The highest BCUT2D eigenvalue weighted by molar-refractivity contribution is 6.07. The van der Waals surface area contributed by atoms with Crippen LogP contribution >= 0.6 is 0 Å². The van der Waals surface area contributed by atoms with E-state index in [4.69, 9.17) is 0 Å². The van der Waals surface area contributed by atoms with E-state index >= 15 is 0 Å². The number of hydrogen-bond acceptors (Lipinski definition) is 3. The number of aryl methyl sites for hydroxylation is 1. The van der Waals surface area contributed by atoms with Crippen LogP contribution in [-0.4, -0.2) is 20.8 Å². The molecule has 4 heteroatoms. The van der Waals surface area contributed by atoms with Crippen molar-refractivity contribution in [1.82, 2.24) is 15.0 Å². The Hall–Kier alpha value is -1.97. The monoisotopic (exact) mass is 299 g/mol. The van der Waals surface area contributed by atoms with Gasteiger partial charge in [-0.15, -0.1) is 5.10 Å². The van der Waals surface area contributed by atoms with Crippen LogP contribution < -0.4 is 0 Å². The number of carbonyl (C=O) groups excluding carboxylic acids is 1. The van der Waals surface area contributed by atoms with Gasteiger partial charge in [-0.25, -0.2) is 0 Å². The van der Waals surface area contributed by atoms with Crippen molar-refractivity contribution in [2.45, 2.75) is 58.4 Å². The highest BCUT2D eigenvalue weighted by Crippen LogP contribution is 2.09. The van der Waals surface area contributed by atoms with Gasteiger partial charge < -0.3 is 0 Å². The molecule has 0 spiro atoms. The van der Waals surface area contributed by atoms with Gasteiger partial charge in [0.05, 0.1) is 6.20 Å². The Kier molecular flexibility index (Phi) is 6.81. The average molecular weight is 299 g/mol. The van der Waals surface area contributed by atoms with Crippen LogP contribution in [0.5, 0.6) is 0 Å². The fourth-order valence-electron chi connectivity index (χ4n) is 2.48. The molecule has 0 amide bonds. The predicted molar refractivity (Wildman–Crippen MR) is 87.9 cm³/mol. The maximum absolute atomic E-state index is 12.2. The quantitative estimate of drug-likeness (QED) is 0.486. The molecule has 2 rings (SSSR count). The summed E-state index contributed by atoms with van der Waals surface area (Å²) in [6, 6.07) is 9.22. The molecule has 1 aromatic carbocycles. The lowest BCUT2D eigenvalue weighted by Gasteiger charge is -2.01. The second-order valence-corrected chi connectivity index (χ2v) is 5.68. The molecule has 1 aromatic heterocycles. The largest absolute Gasteiger partial charge is 0.287 e. The molecule has 0 atom stereocenters. The molecule has 22 heavy (non-hydrogen) atoms. The normalized spacial score (nSPS) is 10.8. The molecule has 0 aliphatic heterocycles. The van der Waals surface area contributed by atoms with Crippen LogP contribution in [0.3, 0.4) is 0 Å². The van der Waals surface area contributed by atoms with Crippen LogP contribution in [0.2, 0.25) is 0 Å². The van der Waals surface area contributed by atoms with E-state index in [1.54, 1.807) is 23.0 Å².